The van der Waals surface area contributed by atoms with E-state index in [0.717, 1.165) is 11.4 Å². The average molecular weight is 223 g/mol. The molecule has 0 spiro atoms. The van der Waals surface area contributed by atoms with Crippen LogP contribution in [0.1, 0.15) is 6.42 Å². The Morgan fingerprint density at radius 2 is 2.57 bits per heavy atom. The number of hydrogen-bond donors (Lipinski definition) is 1. The lowest BCUT2D eigenvalue weighted by molar-refractivity contribution is 1.25. The number of nitriles is 1. The zero-order valence-corrected chi connectivity index (χ0v) is 9.07. The molecule has 72 valence electrons. The zero-order chi connectivity index (χ0) is 10.2. The maximum absolute atomic E-state index is 8.33. The van der Waals surface area contributed by atoms with E-state index in [-0.39, 0.29) is 0 Å². The molecule has 3 nitrogen and oxygen atoms in total. The minimum atomic E-state index is 0.513. The van der Waals surface area contributed by atoms with Crippen LogP contribution in [0.25, 0.3) is 0 Å². The topological polar surface area (TPSA) is 48.7 Å². The van der Waals surface area contributed by atoms with Crippen LogP contribution in [0.5, 0.6) is 0 Å². The first kappa shape index (κ1) is 11.0. The van der Waals surface area contributed by atoms with Gasteiger partial charge in [0.2, 0.25) is 0 Å². The minimum Gasteiger partial charge on any atom is -0.340 e. The van der Waals surface area contributed by atoms with Gasteiger partial charge in [-0.15, -0.1) is 0 Å². The van der Waals surface area contributed by atoms with Gasteiger partial charge in [0.15, 0.2) is 0 Å². The Balaban J connectivity index is 2.32. The Labute approximate surface area is 92.5 Å². The summed E-state index contributed by atoms with van der Waals surface area (Å²) in [5.74, 6) is 0.725. The number of anilines is 1. The van der Waals surface area contributed by atoms with Crippen molar-refractivity contribution in [2.45, 2.75) is 6.42 Å². The summed E-state index contributed by atoms with van der Waals surface area (Å²) in [7, 11) is 0. The second-order valence-electron chi connectivity index (χ2n) is 2.41. The lowest BCUT2D eigenvalue weighted by Crippen LogP contribution is -2.05. The predicted octanol–water partition coefficient (Wildman–Crippen LogP) is 2.43. The van der Waals surface area contributed by atoms with Crippen LogP contribution >= 0.6 is 24.0 Å². The van der Waals surface area contributed by atoms with Gasteiger partial charge in [0.1, 0.15) is 4.32 Å². The molecule has 0 amide bonds. The van der Waals surface area contributed by atoms with Crippen molar-refractivity contribution in [3.8, 4) is 6.07 Å². The van der Waals surface area contributed by atoms with E-state index in [1.165, 1.54) is 11.8 Å². The van der Waals surface area contributed by atoms with Crippen molar-refractivity contribution in [1.29, 1.82) is 5.26 Å². The number of pyridine rings is 1. The van der Waals surface area contributed by atoms with Gasteiger partial charge < -0.3 is 5.32 Å². The number of aromatic nitrogens is 1. The Bertz CT molecular complexity index is 332. The van der Waals surface area contributed by atoms with E-state index in [9.17, 15) is 0 Å². The molecule has 1 rings (SSSR count). The Kier molecular flexibility index (Phi) is 4.97. The van der Waals surface area contributed by atoms with Gasteiger partial charge in [-0.1, -0.05) is 24.0 Å². The second-order valence-corrected chi connectivity index (χ2v) is 4.18. The van der Waals surface area contributed by atoms with Crippen molar-refractivity contribution in [3.05, 3.63) is 24.5 Å². The van der Waals surface area contributed by atoms with Gasteiger partial charge >= 0.3 is 0 Å². The molecule has 0 radical (unpaired) electrons. The molecule has 14 heavy (non-hydrogen) atoms. The van der Waals surface area contributed by atoms with Crippen LogP contribution in [0.4, 0.5) is 5.69 Å². The molecule has 1 heterocycles. The van der Waals surface area contributed by atoms with Crippen molar-refractivity contribution in [2.75, 3.05) is 11.1 Å². The van der Waals surface area contributed by atoms with Crippen molar-refractivity contribution < 1.29 is 0 Å². The van der Waals surface area contributed by atoms with Gasteiger partial charge in [-0.2, -0.15) is 5.26 Å². The van der Waals surface area contributed by atoms with Gasteiger partial charge in [0.05, 0.1) is 18.0 Å². The first-order valence-electron chi connectivity index (χ1n) is 4.03. The van der Waals surface area contributed by atoms with E-state index in [1.807, 2.05) is 12.1 Å². The average Bonchev–Trinajstić information content (AvgIpc) is 2.20. The quantitative estimate of drug-likeness (QED) is 0.630. The third-order valence-electron chi connectivity index (χ3n) is 1.35. The van der Waals surface area contributed by atoms with Crippen molar-refractivity contribution >= 4 is 34.0 Å². The number of hydrogen-bond acceptors (Lipinski definition) is 4. The molecule has 0 aliphatic carbocycles. The highest BCUT2D eigenvalue weighted by Crippen LogP contribution is 2.10. The molecule has 0 saturated carbocycles. The Morgan fingerprint density at radius 3 is 3.21 bits per heavy atom. The molecule has 0 atom stereocenters. The maximum atomic E-state index is 8.33. The van der Waals surface area contributed by atoms with Gasteiger partial charge in [-0.25, -0.2) is 0 Å². The molecule has 0 aromatic carbocycles. The molecule has 0 aliphatic heterocycles. The minimum absolute atomic E-state index is 0.513. The van der Waals surface area contributed by atoms with Crippen molar-refractivity contribution in [1.82, 2.24) is 4.98 Å². The van der Waals surface area contributed by atoms with E-state index in [2.05, 4.69) is 16.4 Å². The standard InChI is InChI=1S/C9H9N3S2/c10-4-2-6-14-9(13)12-8-3-1-5-11-7-8/h1,3,5,7H,2,6H2,(H,12,13). The number of nitrogens with zero attached hydrogens (tertiary/aromatic N) is 2. The summed E-state index contributed by atoms with van der Waals surface area (Å²) >= 11 is 6.53. The second kappa shape index (κ2) is 6.35. The smallest absolute Gasteiger partial charge is 0.138 e. The molecular formula is C9H9N3S2. The summed E-state index contributed by atoms with van der Waals surface area (Å²) in [5, 5.41) is 11.4. The summed E-state index contributed by atoms with van der Waals surface area (Å²) in [6, 6.07) is 5.80. The number of nitrogens with one attached hydrogen (secondary N) is 1. The molecule has 0 fully saturated rings. The zero-order valence-electron chi connectivity index (χ0n) is 7.43. The normalized spacial score (nSPS) is 9.07. The van der Waals surface area contributed by atoms with Crippen LogP contribution in [0, 0.1) is 11.3 Å². The van der Waals surface area contributed by atoms with Gasteiger partial charge in [0, 0.05) is 18.4 Å². The molecule has 0 saturated heterocycles. The molecule has 0 aliphatic rings. The number of thiocarbonyl (C=S) groups is 1. The van der Waals surface area contributed by atoms with Crippen LogP contribution in [-0.2, 0) is 0 Å². The van der Waals surface area contributed by atoms with Crippen molar-refractivity contribution in [3.63, 3.8) is 0 Å². The molecule has 1 N–H and O–H groups in total. The Morgan fingerprint density at radius 1 is 1.71 bits per heavy atom. The van der Waals surface area contributed by atoms with E-state index >= 15 is 0 Å². The van der Waals surface area contributed by atoms with Gasteiger partial charge in [0.25, 0.3) is 0 Å². The van der Waals surface area contributed by atoms with Crippen molar-refractivity contribution in [2.24, 2.45) is 0 Å². The SMILES string of the molecule is N#CCCSC(=S)Nc1cccnc1. The Hall–Kier alpha value is -1.12. The van der Waals surface area contributed by atoms with Crippen LogP contribution in [0.3, 0.4) is 0 Å². The highest BCUT2D eigenvalue weighted by molar-refractivity contribution is 8.23. The molecule has 0 unspecified atom stereocenters. The summed E-state index contributed by atoms with van der Waals surface area (Å²) in [4.78, 5) is 3.95. The van der Waals surface area contributed by atoms with Gasteiger partial charge in [-0.3, -0.25) is 4.98 Å². The molecule has 5 heteroatoms. The number of rotatable bonds is 3. The first-order chi connectivity index (χ1) is 6.83. The van der Waals surface area contributed by atoms with E-state index in [1.54, 1.807) is 12.4 Å². The predicted molar refractivity (Wildman–Crippen MR) is 63.1 cm³/mol. The van der Waals surface area contributed by atoms with Crippen LogP contribution in [-0.4, -0.2) is 15.1 Å². The first-order valence-corrected chi connectivity index (χ1v) is 5.43. The molecule has 1 aromatic rings. The third-order valence-corrected chi connectivity index (χ3v) is 2.58. The lowest BCUT2D eigenvalue weighted by Gasteiger charge is -2.04. The fourth-order valence-corrected chi connectivity index (χ4v) is 1.72. The van der Waals surface area contributed by atoms with E-state index in [0.29, 0.717) is 10.7 Å². The summed E-state index contributed by atoms with van der Waals surface area (Å²) < 4.78 is 0.674. The lowest BCUT2D eigenvalue weighted by atomic mass is 10.4. The highest BCUT2D eigenvalue weighted by Gasteiger charge is 1.97. The summed E-state index contributed by atoms with van der Waals surface area (Å²) in [5.41, 5.74) is 0.877. The fraction of sp³-hybridized carbons (Fsp3) is 0.222. The third kappa shape index (κ3) is 4.21. The van der Waals surface area contributed by atoms with Gasteiger partial charge in [-0.05, 0) is 12.1 Å². The monoisotopic (exact) mass is 223 g/mol. The summed E-state index contributed by atoms with van der Waals surface area (Å²) in [6.45, 7) is 0. The largest absolute Gasteiger partial charge is 0.340 e. The molecule has 0 bridgehead atoms. The summed E-state index contributed by atoms with van der Waals surface area (Å²) in [6.07, 6.45) is 3.92. The van der Waals surface area contributed by atoms with E-state index < -0.39 is 0 Å². The maximum Gasteiger partial charge on any atom is 0.138 e. The molecule has 1 aromatic heterocycles. The van der Waals surface area contributed by atoms with E-state index in [4.69, 9.17) is 17.5 Å². The highest BCUT2D eigenvalue weighted by atomic mass is 32.2. The van der Waals surface area contributed by atoms with Crippen LogP contribution in [0.2, 0.25) is 0 Å². The fourth-order valence-electron chi connectivity index (χ4n) is 0.780. The molecular weight excluding hydrogens is 214 g/mol. The van der Waals surface area contributed by atoms with Crippen LogP contribution < -0.4 is 5.32 Å². The number of thioether (sulfide) groups is 1. The van der Waals surface area contributed by atoms with Crippen LogP contribution in [0.15, 0.2) is 24.5 Å².